The minimum absolute atomic E-state index is 0.767. The number of hydrazine groups is 1. The predicted molar refractivity (Wildman–Crippen MR) is 66.7 cm³/mol. The fraction of sp³-hybridized carbons (Fsp3) is 0.667. The normalized spacial score (nSPS) is 15.8. The average molecular weight is 211 g/mol. The molecule has 88 valence electrons. The Morgan fingerprint density at radius 2 is 1.87 bits per heavy atom. The molecule has 0 fully saturated rings. The molecule has 0 saturated heterocycles. The Morgan fingerprint density at radius 3 is 2.20 bits per heavy atom. The largest absolute Gasteiger partial charge is 0.367 e. The summed E-state index contributed by atoms with van der Waals surface area (Å²) in [5, 5.41) is 4.63. The minimum atomic E-state index is 0.767. The van der Waals surface area contributed by atoms with Crippen molar-refractivity contribution in [2.45, 2.75) is 47.0 Å². The van der Waals surface area contributed by atoms with Gasteiger partial charge < -0.3 is 5.32 Å². The number of nitrogens with two attached hydrogens (primary N) is 1. The van der Waals surface area contributed by atoms with Gasteiger partial charge in [-0.2, -0.15) is 0 Å². The van der Waals surface area contributed by atoms with Gasteiger partial charge in [-0.1, -0.05) is 39.7 Å². The van der Waals surface area contributed by atoms with Gasteiger partial charge in [0.05, 0.1) is 0 Å². The number of nitrogens with zero attached hydrogens (tertiary/aromatic N) is 1. The molecule has 0 amide bonds. The lowest BCUT2D eigenvalue weighted by molar-refractivity contribution is 0.391. The van der Waals surface area contributed by atoms with Crippen LogP contribution in [0.1, 0.15) is 47.0 Å². The lowest BCUT2D eigenvalue weighted by Gasteiger charge is -2.29. The quantitative estimate of drug-likeness (QED) is 0.690. The van der Waals surface area contributed by atoms with E-state index in [0.29, 0.717) is 0 Å². The summed E-state index contributed by atoms with van der Waals surface area (Å²) in [5.41, 5.74) is 2.35. The van der Waals surface area contributed by atoms with Gasteiger partial charge in [0.25, 0.3) is 0 Å². The molecule has 0 saturated carbocycles. The van der Waals surface area contributed by atoms with Gasteiger partial charge in [0.1, 0.15) is 5.82 Å². The summed E-state index contributed by atoms with van der Waals surface area (Å²) in [6.07, 6.45) is 4.08. The molecular formula is C12H25N3. The van der Waals surface area contributed by atoms with E-state index >= 15 is 0 Å². The topological polar surface area (TPSA) is 41.3 Å². The molecule has 3 nitrogen and oxygen atoms in total. The molecule has 3 heteroatoms. The minimum Gasteiger partial charge on any atom is -0.367 e. The molecule has 0 aromatic rings. The molecular weight excluding hydrogens is 186 g/mol. The van der Waals surface area contributed by atoms with Crippen LogP contribution in [-0.2, 0) is 0 Å². The van der Waals surface area contributed by atoms with Gasteiger partial charge in [0.2, 0.25) is 0 Å². The van der Waals surface area contributed by atoms with E-state index in [9.17, 15) is 0 Å². The van der Waals surface area contributed by atoms with Crippen LogP contribution in [0.5, 0.6) is 0 Å². The molecule has 0 unspecified atom stereocenters. The molecule has 1 rings (SSSR count). The van der Waals surface area contributed by atoms with E-state index in [0.717, 1.165) is 18.1 Å². The highest BCUT2D eigenvalue weighted by Crippen LogP contribution is 2.13. The zero-order valence-corrected chi connectivity index (χ0v) is 10.6. The van der Waals surface area contributed by atoms with Crippen LogP contribution in [0, 0.1) is 0 Å². The van der Waals surface area contributed by atoms with Gasteiger partial charge in [-0.05, 0) is 19.4 Å². The first kappa shape index (κ1) is 14.0. The molecule has 0 aromatic heterocycles. The third-order valence-corrected chi connectivity index (χ3v) is 2.53. The van der Waals surface area contributed by atoms with Gasteiger partial charge in [-0.25, -0.2) is 5.84 Å². The molecule has 0 aromatic carbocycles. The monoisotopic (exact) mass is 211 g/mol. The number of unbranched alkanes of at least 4 members (excludes halogenated alkanes) is 2. The molecule has 1 aliphatic heterocycles. The van der Waals surface area contributed by atoms with Crippen molar-refractivity contribution in [3.8, 4) is 0 Å². The number of hydrogen-bond acceptors (Lipinski definition) is 3. The first-order valence-electron chi connectivity index (χ1n) is 5.68. The van der Waals surface area contributed by atoms with Gasteiger partial charge >= 0.3 is 0 Å². The molecule has 0 aliphatic carbocycles. The highest BCUT2D eigenvalue weighted by molar-refractivity contribution is 5.19. The average Bonchev–Trinajstić information content (AvgIpc) is 2.23. The predicted octanol–water partition coefficient (Wildman–Crippen LogP) is 2.73. The molecule has 0 radical (unpaired) electrons. The van der Waals surface area contributed by atoms with Gasteiger partial charge in [0, 0.05) is 12.2 Å². The van der Waals surface area contributed by atoms with Crippen molar-refractivity contribution < 1.29 is 0 Å². The second kappa shape index (κ2) is 7.35. The van der Waals surface area contributed by atoms with Crippen LogP contribution in [0.15, 0.2) is 23.7 Å². The highest BCUT2D eigenvalue weighted by Gasteiger charge is 2.12. The third-order valence-electron chi connectivity index (χ3n) is 2.53. The van der Waals surface area contributed by atoms with Gasteiger partial charge in [-0.3, -0.25) is 5.01 Å². The van der Waals surface area contributed by atoms with Crippen molar-refractivity contribution in [2.24, 2.45) is 5.84 Å². The zero-order chi connectivity index (χ0) is 11.8. The molecule has 0 bridgehead atoms. The first-order chi connectivity index (χ1) is 7.04. The van der Waals surface area contributed by atoms with E-state index in [1.54, 1.807) is 5.01 Å². The Balaban J connectivity index is 0.000000336. The summed E-state index contributed by atoms with van der Waals surface area (Å²) in [6.45, 7) is 13.1. The van der Waals surface area contributed by atoms with Crippen LogP contribution in [-0.4, -0.2) is 11.6 Å². The molecule has 0 spiro atoms. The van der Waals surface area contributed by atoms with Crippen molar-refractivity contribution in [3.63, 3.8) is 0 Å². The van der Waals surface area contributed by atoms with Crippen molar-refractivity contribution in [3.05, 3.63) is 23.7 Å². The lowest BCUT2D eigenvalue weighted by atomic mass is 10.2. The summed E-state index contributed by atoms with van der Waals surface area (Å²) in [6, 6.07) is 0. The first-order valence-corrected chi connectivity index (χ1v) is 5.68. The van der Waals surface area contributed by atoms with E-state index in [2.05, 4.69) is 32.7 Å². The van der Waals surface area contributed by atoms with Crippen LogP contribution in [0.25, 0.3) is 0 Å². The van der Waals surface area contributed by atoms with Crippen LogP contribution >= 0.6 is 0 Å². The van der Waals surface area contributed by atoms with E-state index in [4.69, 9.17) is 5.84 Å². The highest BCUT2D eigenvalue weighted by atomic mass is 15.5. The standard InChI is InChI=1S/C7H13N3.C5H12/c1-5-4-9-7(3)10(8)6(5)2;1-3-5-4-2/h9H,3-4,8H2,1-2H3;3-5H2,1-2H3. The van der Waals surface area contributed by atoms with E-state index in [1.807, 2.05) is 6.92 Å². The Bertz CT molecular complexity index is 229. The van der Waals surface area contributed by atoms with Gasteiger partial charge in [0.15, 0.2) is 0 Å². The van der Waals surface area contributed by atoms with Crippen LogP contribution < -0.4 is 11.2 Å². The van der Waals surface area contributed by atoms with Gasteiger partial charge in [-0.15, -0.1) is 0 Å². The Labute approximate surface area is 94.0 Å². The van der Waals surface area contributed by atoms with Crippen LogP contribution in [0.2, 0.25) is 0 Å². The fourth-order valence-electron chi connectivity index (χ4n) is 1.21. The van der Waals surface area contributed by atoms with Crippen molar-refractivity contribution in [1.82, 2.24) is 10.3 Å². The van der Waals surface area contributed by atoms with Crippen molar-refractivity contribution in [1.29, 1.82) is 0 Å². The Hall–Kier alpha value is -0.960. The van der Waals surface area contributed by atoms with Crippen LogP contribution in [0.4, 0.5) is 0 Å². The van der Waals surface area contributed by atoms with Crippen molar-refractivity contribution in [2.75, 3.05) is 6.54 Å². The van der Waals surface area contributed by atoms with E-state index < -0.39 is 0 Å². The fourth-order valence-corrected chi connectivity index (χ4v) is 1.21. The summed E-state index contributed by atoms with van der Waals surface area (Å²) in [5.74, 6) is 6.39. The number of allylic oxidation sites excluding steroid dienone is 1. The summed E-state index contributed by atoms with van der Waals surface area (Å²) in [7, 11) is 0. The lowest BCUT2D eigenvalue weighted by Crippen LogP contribution is -2.40. The molecule has 3 N–H and O–H groups in total. The maximum Gasteiger partial charge on any atom is 0.113 e. The molecule has 15 heavy (non-hydrogen) atoms. The number of rotatable bonds is 2. The van der Waals surface area contributed by atoms with E-state index in [1.165, 1.54) is 24.8 Å². The second-order valence-corrected chi connectivity index (χ2v) is 3.89. The summed E-state index contributed by atoms with van der Waals surface area (Å²) in [4.78, 5) is 0. The SMILES string of the molecule is C=C1NCC(C)=C(C)N1N.CCCCC. The summed E-state index contributed by atoms with van der Waals surface area (Å²) >= 11 is 0. The summed E-state index contributed by atoms with van der Waals surface area (Å²) < 4.78 is 0. The van der Waals surface area contributed by atoms with E-state index in [-0.39, 0.29) is 0 Å². The number of hydrogen-bond donors (Lipinski definition) is 2. The maximum absolute atomic E-state index is 5.63. The molecule has 1 aliphatic rings. The zero-order valence-electron chi connectivity index (χ0n) is 10.6. The number of nitrogens with one attached hydrogen (secondary N) is 1. The molecule has 1 heterocycles. The van der Waals surface area contributed by atoms with Crippen molar-refractivity contribution >= 4 is 0 Å². The Kier molecular flexibility index (Phi) is 6.88. The third kappa shape index (κ3) is 4.88. The molecule has 0 atom stereocenters. The van der Waals surface area contributed by atoms with Crippen LogP contribution in [0.3, 0.4) is 0 Å². The second-order valence-electron chi connectivity index (χ2n) is 3.89. The smallest absolute Gasteiger partial charge is 0.113 e. The Morgan fingerprint density at radius 1 is 1.33 bits per heavy atom. The maximum atomic E-state index is 5.63.